The number of nitrogens with zero attached hydrogens (tertiary/aromatic N) is 2. The molecule has 5 heteroatoms. The van der Waals surface area contributed by atoms with Crippen molar-refractivity contribution in [2.24, 2.45) is 0 Å². The molecule has 17 heavy (non-hydrogen) atoms. The highest BCUT2D eigenvalue weighted by Gasteiger charge is 2.36. The van der Waals surface area contributed by atoms with E-state index in [2.05, 4.69) is 22.4 Å². The van der Waals surface area contributed by atoms with Crippen molar-refractivity contribution in [2.45, 2.75) is 51.7 Å². The first-order valence-corrected chi connectivity index (χ1v) is 6.37. The van der Waals surface area contributed by atoms with Crippen molar-refractivity contribution in [2.75, 3.05) is 13.2 Å². The maximum absolute atomic E-state index is 5.70. The van der Waals surface area contributed by atoms with Crippen molar-refractivity contribution in [3.8, 4) is 0 Å². The predicted molar refractivity (Wildman–Crippen MR) is 63.5 cm³/mol. The molecule has 0 radical (unpaired) electrons. The van der Waals surface area contributed by atoms with Crippen molar-refractivity contribution < 1.29 is 9.26 Å². The van der Waals surface area contributed by atoms with Crippen LogP contribution in [0.5, 0.6) is 0 Å². The molecule has 2 heterocycles. The van der Waals surface area contributed by atoms with Gasteiger partial charge in [0, 0.05) is 6.61 Å². The number of ether oxygens (including phenoxy) is 1. The van der Waals surface area contributed by atoms with E-state index >= 15 is 0 Å². The highest BCUT2D eigenvalue weighted by atomic mass is 16.5. The standard InChI is InChI=1S/C12H21N3O2/c1-4-7-13-9(2)10-14-11(15-17-10)12(3)6-5-8-16-12/h9,13H,4-8H2,1-3H3. The zero-order valence-electron chi connectivity index (χ0n) is 10.8. The Morgan fingerprint density at radius 2 is 2.35 bits per heavy atom. The number of nitrogens with one attached hydrogen (secondary N) is 1. The van der Waals surface area contributed by atoms with Crippen LogP contribution < -0.4 is 5.32 Å². The van der Waals surface area contributed by atoms with Crippen LogP contribution in [0.2, 0.25) is 0 Å². The highest BCUT2D eigenvalue weighted by molar-refractivity contribution is 5.03. The van der Waals surface area contributed by atoms with Crippen LogP contribution in [0.3, 0.4) is 0 Å². The molecule has 0 amide bonds. The molecule has 2 atom stereocenters. The molecule has 1 aromatic rings. The molecule has 1 fully saturated rings. The second-order valence-corrected chi connectivity index (χ2v) is 4.81. The zero-order valence-corrected chi connectivity index (χ0v) is 10.8. The Labute approximate surface area is 102 Å². The SMILES string of the molecule is CCCNC(C)c1nc(C2(C)CCCO2)no1. The summed E-state index contributed by atoms with van der Waals surface area (Å²) in [5.74, 6) is 1.32. The van der Waals surface area contributed by atoms with Gasteiger partial charge in [0.05, 0.1) is 6.04 Å². The third kappa shape index (κ3) is 2.66. The Morgan fingerprint density at radius 3 is 3.00 bits per heavy atom. The molecule has 1 N–H and O–H groups in total. The van der Waals surface area contributed by atoms with Gasteiger partial charge in [-0.1, -0.05) is 12.1 Å². The Balaban J connectivity index is 2.05. The summed E-state index contributed by atoms with van der Waals surface area (Å²) >= 11 is 0. The van der Waals surface area contributed by atoms with E-state index in [1.165, 1.54) is 0 Å². The van der Waals surface area contributed by atoms with Gasteiger partial charge in [-0.05, 0) is 39.7 Å². The fourth-order valence-electron chi connectivity index (χ4n) is 2.03. The minimum atomic E-state index is -0.355. The van der Waals surface area contributed by atoms with Crippen LogP contribution in [0.25, 0.3) is 0 Å². The molecule has 5 nitrogen and oxygen atoms in total. The summed E-state index contributed by atoms with van der Waals surface area (Å²) in [5, 5.41) is 7.38. The molecule has 1 aromatic heterocycles. The van der Waals surface area contributed by atoms with Gasteiger partial charge in [-0.25, -0.2) is 0 Å². The molecule has 0 saturated carbocycles. The monoisotopic (exact) mass is 239 g/mol. The van der Waals surface area contributed by atoms with E-state index in [1.54, 1.807) is 0 Å². The molecule has 0 bridgehead atoms. The summed E-state index contributed by atoms with van der Waals surface area (Å²) in [6.45, 7) is 7.92. The molecule has 0 aliphatic carbocycles. The fraction of sp³-hybridized carbons (Fsp3) is 0.833. The molecule has 0 spiro atoms. The predicted octanol–water partition coefficient (Wildman–Crippen LogP) is 2.16. The molecule has 2 rings (SSSR count). The van der Waals surface area contributed by atoms with Gasteiger partial charge in [-0.3, -0.25) is 0 Å². The first-order valence-electron chi connectivity index (χ1n) is 6.37. The lowest BCUT2D eigenvalue weighted by molar-refractivity contribution is 0.00768. The smallest absolute Gasteiger partial charge is 0.243 e. The lowest BCUT2D eigenvalue weighted by Crippen LogP contribution is -2.23. The highest BCUT2D eigenvalue weighted by Crippen LogP contribution is 2.33. The molecule has 1 aliphatic heterocycles. The molecule has 2 unspecified atom stereocenters. The van der Waals surface area contributed by atoms with Crippen LogP contribution >= 0.6 is 0 Å². The Bertz CT molecular complexity index is 358. The van der Waals surface area contributed by atoms with E-state index in [9.17, 15) is 0 Å². The second kappa shape index (κ2) is 5.14. The van der Waals surface area contributed by atoms with Crippen LogP contribution in [0.1, 0.15) is 57.8 Å². The average Bonchev–Trinajstić information content (AvgIpc) is 2.95. The molecule has 0 aromatic carbocycles. The summed E-state index contributed by atoms with van der Waals surface area (Å²) < 4.78 is 11.0. The van der Waals surface area contributed by atoms with Crippen LogP contribution in [0, 0.1) is 0 Å². The third-order valence-corrected chi connectivity index (χ3v) is 3.20. The van der Waals surface area contributed by atoms with Gasteiger partial charge in [0.25, 0.3) is 0 Å². The van der Waals surface area contributed by atoms with Gasteiger partial charge in [-0.2, -0.15) is 4.98 Å². The van der Waals surface area contributed by atoms with Gasteiger partial charge in [0.1, 0.15) is 5.60 Å². The van der Waals surface area contributed by atoms with E-state index in [1.807, 2.05) is 13.8 Å². The largest absolute Gasteiger partial charge is 0.367 e. The number of aromatic nitrogens is 2. The topological polar surface area (TPSA) is 60.2 Å². The summed E-state index contributed by atoms with van der Waals surface area (Å²) in [7, 11) is 0. The number of rotatable bonds is 5. The maximum atomic E-state index is 5.70. The van der Waals surface area contributed by atoms with Crippen molar-refractivity contribution in [3.63, 3.8) is 0 Å². The Kier molecular flexibility index (Phi) is 3.79. The minimum Gasteiger partial charge on any atom is -0.367 e. The number of hydrogen-bond acceptors (Lipinski definition) is 5. The first-order chi connectivity index (χ1) is 8.15. The maximum Gasteiger partial charge on any atom is 0.243 e. The van der Waals surface area contributed by atoms with Crippen molar-refractivity contribution in [1.29, 1.82) is 0 Å². The van der Waals surface area contributed by atoms with E-state index in [4.69, 9.17) is 9.26 Å². The van der Waals surface area contributed by atoms with Gasteiger partial charge in [0.15, 0.2) is 0 Å². The minimum absolute atomic E-state index is 0.0983. The third-order valence-electron chi connectivity index (χ3n) is 3.20. The average molecular weight is 239 g/mol. The molecule has 96 valence electrons. The quantitative estimate of drug-likeness (QED) is 0.853. The molecule has 1 aliphatic rings. The van der Waals surface area contributed by atoms with Gasteiger partial charge in [-0.15, -0.1) is 0 Å². The van der Waals surface area contributed by atoms with E-state index in [-0.39, 0.29) is 11.6 Å². The summed E-state index contributed by atoms with van der Waals surface area (Å²) in [6.07, 6.45) is 3.11. The summed E-state index contributed by atoms with van der Waals surface area (Å²) in [6, 6.07) is 0.0983. The Hall–Kier alpha value is -0.940. The van der Waals surface area contributed by atoms with Crippen LogP contribution in [0.15, 0.2) is 4.52 Å². The number of hydrogen-bond donors (Lipinski definition) is 1. The van der Waals surface area contributed by atoms with Crippen LogP contribution in [-0.2, 0) is 10.3 Å². The second-order valence-electron chi connectivity index (χ2n) is 4.81. The normalized spacial score (nSPS) is 26.3. The van der Waals surface area contributed by atoms with E-state index < -0.39 is 0 Å². The molecular formula is C12H21N3O2. The Morgan fingerprint density at radius 1 is 1.53 bits per heavy atom. The van der Waals surface area contributed by atoms with Crippen molar-refractivity contribution >= 4 is 0 Å². The lowest BCUT2D eigenvalue weighted by atomic mass is 10.0. The van der Waals surface area contributed by atoms with Crippen molar-refractivity contribution in [3.05, 3.63) is 11.7 Å². The zero-order chi connectivity index (χ0) is 12.3. The van der Waals surface area contributed by atoms with E-state index in [0.29, 0.717) is 11.7 Å². The lowest BCUT2D eigenvalue weighted by Gasteiger charge is -2.17. The molecule has 1 saturated heterocycles. The van der Waals surface area contributed by atoms with Gasteiger partial charge in [0.2, 0.25) is 11.7 Å². The molecular weight excluding hydrogens is 218 g/mol. The summed E-state index contributed by atoms with van der Waals surface area (Å²) in [4.78, 5) is 4.45. The summed E-state index contributed by atoms with van der Waals surface area (Å²) in [5.41, 5.74) is -0.355. The van der Waals surface area contributed by atoms with Gasteiger partial charge < -0.3 is 14.6 Å². The first kappa shape index (κ1) is 12.5. The fourth-order valence-corrected chi connectivity index (χ4v) is 2.03. The van der Waals surface area contributed by atoms with Crippen LogP contribution in [-0.4, -0.2) is 23.3 Å². The van der Waals surface area contributed by atoms with Crippen LogP contribution in [0.4, 0.5) is 0 Å². The van der Waals surface area contributed by atoms with Crippen molar-refractivity contribution in [1.82, 2.24) is 15.5 Å². The van der Waals surface area contributed by atoms with E-state index in [0.717, 1.165) is 32.4 Å². The van der Waals surface area contributed by atoms with Gasteiger partial charge >= 0.3 is 0 Å².